The van der Waals surface area contributed by atoms with Crippen molar-refractivity contribution in [2.75, 3.05) is 19.6 Å². The zero-order valence-corrected chi connectivity index (χ0v) is 15.0. The highest BCUT2D eigenvalue weighted by molar-refractivity contribution is 5.75. The van der Waals surface area contributed by atoms with Crippen molar-refractivity contribution in [1.29, 1.82) is 0 Å². The van der Waals surface area contributed by atoms with Crippen molar-refractivity contribution in [1.82, 2.24) is 20.0 Å². The van der Waals surface area contributed by atoms with Crippen molar-refractivity contribution in [3.05, 3.63) is 18.0 Å². The minimum atomic E-state index is -4.48. The van der Waals surface area contributed by atoms with Crippen LogP contribution in [0.15, 0.2) is 12.3 Å². The fraction of sp³-hybridized carbons (Fsp3) is 0.778. The average molecular weight is 372 g/mol. The van der Waals surface area contributed by atoms with E-state index in [0.29, 0.717) is 6.54 Å². The van der Waals surface area contributed by atoms with E-state index in [0.717, 1.165) is 36.7 Å². The molecule has 26 heavy (non-hydrogen) atoms. The van der Waals surface area contributed by atoms with E-state index in [1.165, 1.54) is 44.7 Å². The van der Waals surface area contributed by atoms with Crippen LogP contribution in [0.2, 0.25) is 0 Å². The van der Waals surface area contributed by atoms with Crippen LogP contribution in [-0.4, -0.2) is 45.8 Å². The van der Waals surface area contributed by atoms with Gasteiger partial charge in [-0.15, -0.1) is 0 Å². The van der Waals surface area contributed by atoms with E-state index in [4.69, 9.17) is 0 Å². The zero-order chi connectivity index (χ0) is 18.6. The van der Waals surface area contributed by atoms with Gasteiger partial charge in [-0.2, -0.15) is 18.3 Å². The molecule has 0 unspecified atom stereocenters. The number of nitrogens with one attached hydrogen (secondary N) is 1. The van der Waals surface area contributed by atoms with Gasteiger partial charge in [0.15, 0.2) is 5.69 Å². The molecular formula is C18H27F3N4O. The van der Waals surface area contributed by atoms with Crippen molar-refractivity contribution in [3.8, 4) is 0 Å². The SMILES string of the molecule is O=C(Cn1ccc(C(F)(F)F)n1)NCC1(N2CCCCC2)CCCCC1. The molecule has 1 saturated carbocycles. The van der Waals surface area contributed by atoms with Crippen molar-refractivity contribution in [2.24, 2.45) is 0 Å². The Morgan fingerprint density at radius 2 is 1.77 bits per heavy atom. The van der Waals surface area contributed by atoms with E-state index in [-0.39, 0.29) is 18.0 Å². The maximum atomic E-state index is 12.6. The van der Waals surface area contributed by atoms with E-state index in [9.17, 15) is 18.0 Å². The number of rotatable bonds is 5. The summed E-state index contributed by atoms with van der Waals surface area (Å²) in [5.41, 5.74) is -0.961. The van der Waals surface area contributed by atoms with E-state index in [1.54, 1.807) is 0 Å². The van der Waals surface area contributed by atoms with Crippen LogP contribution in [0.5, 0.6) is 0 Å². The molecule has 1 saturated heterocycles. The number of carbonyl (C=O) groups excluding carboxylic acids is 1. The van der Waals surface area contributed by atoms with Crippen LogP contribution in [-0.2, 0) is 17.5 Å². The molecule has 1 aromatic rings. The average Bonchev–Trinajstić information content (AvgIpc) is 3.10. The molecule has 1 N–H and O–H groups in total. The van der Waals surface area contributed by atoms with Crippen LogP contribution in [0.25, 0.3) is 0 Å². The van der Waals surface area contributed by atoms with Gasteiger partial charge in [0, 0.05) is 18.3 Å². The van der Waals surface area contributed by atoms with Gasteiger partial charge in [-0.3, -0.25) is 14.4 Å². The molecular weight excluding hydrogens is 345 g/mol. The number of hydrogen-bond acceptors (Lipinski definition) is 3. The highest BCUT2D eigenvalue weighted by atomic mass is 19.4. The summed E-state index contributed by atoms with van der Waals surface area (Å²) in [7, 11) is 0. The molecule has 146 valence electrons. The molecule has 1 aromatic heterocycles. The lowest BCUT2D eigenvalue weighted by molar-refractivity contribution is -0.141. The lowest BCUT2D eigenvalue weighted by Gasteiger charge is -2.48. The van der Waals surface area contributed by atoms with Crippen LogP contribution in [0.3, 0.4) is 0 Å². The maximum Gasteiger partial charge on any atom is 0.435 e. The van der Waals surface area contributed by atoms with E-state index in [1.807, 2.05) is 0 Å². The van der Waals surface area contributed by atoms with Gasteiger partial charge < -0.3 is 5.32 Å². The largest absolute Gasteiger partial charge is 0.435 e. The number of likely N-dealkylation sites (tertiary alicyclic amines) is 1. The lowest BCUT2D eigenvalue weighted by atomic mass is 9.79. The third-order valence-electron chi connectivity index (χ3n) is 5.66. The number of piperidine rings is 1. The predicted molar refractivity (Wildman–Crippen MR) is 91.5 cm³/mol. The van der Waals surface area contributed by atoms with Gasteiger partial charge in [0.05, 0.1) is 0 Å². The summed E-state index contributed by atoms with van der Waals surface area (Å²) in [6.07, 6.45) is 6.09. The number of halogens is 3. The van der Waals surface area contributed by atoms with Crippen LogP contribution in [0.4, 0.5) is 13.2 Å². The topological polar surface area (TPSA) is 50.2 Å². The Hall–Kier alpha value is -1.57. The Morgan fingerprint density at radius 3 is 2.38 bits per heavy atom. The minimum absolute atomic E-state index is 0.00950. The summed E-state index contributed by atoms with van der Waals surface area (Å²) in [6.45, 7) is 2.53. The van der Waals surface area contributed by atoms with Crippen molar-refractivity contribution < 1.29 is 18.0 Å². The van der Waals surface area contributed by atoms with Crippen LogP contribution in [0.1, 0.15) is 57.1 Å². The second-order valence-electron chi connectivity index (χ2n) is 7.51. The Labute approximate surface area is 151 Å². The van der Waals surface area contributed by atoms with Crippen molar-refractivity contribution in [3.63, 3.8) is 0 Å². The highest BCUT2D eigenvalue weighted by Gasteiger charge is 2.38. The second kappa shape index (κ2) is 7.98. The molecule has 0 bridgehead atoms. The molecule has 3 rings (SSSR count). The third-order valence-corrected chi connectivity index (χ3v) is 5.66. The molecule has 0 radical (unpaired) electrons. The molecule has 0 atom stereocenters. The fourth-order valence-electron chi connectivity index (χ4n) is 4.25. The van der Waals surface area contributed by atoms with Gasteiger partial charge in [0.2, 0.25) is 5.91 Å². The van der Waals surface area contributed by atoms with Gasteiger partial charge in [0.1, 0.15) is 6.54 Å². The summed E-state index contributed by atoms with van der Waals surface area (Å²) in [5.74, 6) is -0.288. The summed E-state index contributed by atoms with van der Waals surface area (Å²) < 4.78 is 38.9. The first-order valence-electron chi connectivity index (χ1n) is 9.51. The highest BCUT2D eigenvalue weighted by Crippen LogP contribution is 2.35. The Kier molecular flexibility index (Phi) is 5.89. The molecule has 0 aromatic carbocycles. The van der Waals surface area contributed by atoms with Crippen LogP contribution < -0.4 is 5.32 Å². The summed E-state index contributed by atoms with van der Waals surface area (Å²) in [4.78, 5) is 14.8. The maximum absolute atomic E-state index is 12.6. The number of amides is 1. The smallest absolute Gasteiger partial charge is 0.353 e. The molecule has 2 heterocycles. The summed E-state index contributed by atoms with van der Waals surface area (Å²) >= 11 is 0. The summed E-state index contributed by atoms with van der Waals surface area (Å²) in [6, 6.07) is 0.892. The van der Waals surface area contributed by atoms with Crippen molar-refractivity contribution in [2.45, 2.75) is 69.6 Å². The Bertz CT molecular complexity index is 602. The molecule has 1 amide bonds. The van der Waals surface area contributed by atoms with E-state index in [2.05, 4.69) is 15.3 Å². The normalized spacial score (nSPS) is 21.5. The molecule has 2 aliphatic rings. The van der Waals surface area contributed by atoms with Crippen LogP contribution in [0, 0.1) is 0 Å². The minimum Gasteiger partial charge on any atom is -0.353 e. The fourth-order valence-corrected chi connectivity index (χ4v) is 4.25. The molecule has 5 nitrogen and oxygen atoms in total. The molecule has 0 spiro atoms. The second-order valence-corrected chi connectivity index (χ2v) is 7.51. The predicted octanol–water partition coefficient (Wildman–Crippen LogP) is 3.21. The first-order valence-corrected chi connectivity index (χ1v) is 9.51. The number of aromatic nitrogens is 2. The van der Waals surface area contributed by atoms with Gasteiger partial charge in [-0.25, -0.2) is 0 Å². The number of alkyl halides is 3. The first-order chi connectivity index (χ1) is 12.4. The van der Waals surface area contributed by atoms with Gasteiger partial charge in [-0.1, -0.05) is 25.7 Å². The van der Waals surface area contributed by atoms with Gasteiger partial charge >= 0.3 is 6.18 Å². The van der Waals surface area contributed by atoms with Gasteiger partial charge in [0.25, 0.3) is 0 Å². The van der Waals surface area contributed by atoms with E-state index >= 15 is 0 Å². The lowest BCUT2D eigenvalue weighted by Crippen LogP contribution is -2.58. The molecule has 1 aliphatic carbocycles. The van der Waals surface area contributed by atoms with E-state index < -0.39 is 11.9 Å². The third kappa shape index (κ3) is 4.58. The first kappa shape index (κ1) is 19.2. The monoisotopic (exact) mass is 372 g/mol. The van der Waals surface area contributed by atoms with Gasteiger partial charge in [-0.05, 0) is 44.8 Å². The summed E-state index contributed by atoms with van der Waals surface area (Å²) in [5, 5.41) is 6.41. The Balaban J connectivity index is 1.58. The molecule has 8 heteroatoms. The van der Waals surface area contributed by atoms with Crippen LogP contribution >= 0.6 is 0 Å². The quantitative estimate of drug-likeness (QED) is 0.864. The number of nitrogens with zero attached hydrogens (tertiary/aromatic N) is 3. The van der Waals surface area contributed by atoms with Crippen molar-refractivity contribution >= 4 is 5.91 Å². The Morgan fingerprint density at radius 1 is 1.12 bits per heavy atom. The zero-order valence-electron chi connectivity index (χ0n) is 15.0. The number of hydrogen-bond donors (Lipinski definition) is 1. The number of carbonyl (C=O) groups is 1. The molecule has 1 aliphatic heterocycles. The molecule has 2 fully saturated rings. The standard InChI is InChI=1S/C18H27F3N4O/c19-18(20,21)15-7-12-25(23-15)13-16(26)22-14-17(8-3-1-4-9-17)24-10-5-2-6-11-24/h7,12H,1-6,8-11,13-14H2,(H,22,26).